The van der Waals surface area contributed by atoms with Crippen molar-refractivity contribution in [2.24, 2.45) is 0 Å². The van der Waals surface area contributed by atoms with E-state index in [4.69, 9.17) is 18.9 Å². The van der Waals surface area contributed by atoms with Gasteiger partial charge in [0.25, 0.3) is 5.56 Å². The van der Waals surface area contributed by atoms with Gasteiger partial charge in [-0.15, -0.1) is 0 Å². The number of alkyl halides is 1. The number of ether oxygens (including phenoxy) is 4. The van der Waals surface area contributed by atoms with Crippen LogP contribution in [0.2, 0.25) is 0 Å². The van der Waals surface area contributed by atoms with Crippen LogP contribution in [0.15, 0.2) is 101 Å². The Kier molecular flexibility index (Phi) is 7.63. The molecular weight excluding hydrogens is 503 g/mol. The summed E-state index contributed by atoms with van der Waals surface area (Å²) in [5, 5.41) is 0. The fourth-order valence-corrected chi connectivity index (χ4v) is 4.95. The van der Waals surface area contributed by atoms with Gasteiger partial charge in [-0.3, -0.25) is 14.3 Å². The summed E-state index contributed by atoms with van der Waals surface area (Å²) in [6, 6.07) is 25.9. The molecule has 3 aromatic carbocycles. The van der Waals surface area contributed by atoms with E-state index in [-0.39, 0.29) is 13.0 Å². The van der Waals surface area contributed by atoms with Crippen LogP contribution in [0.5, 0.6) is 11.5 Å². The average molecular weight is 533 g/mol. The Morgan fingerprint density at radius 1 is 0.872 bits per heavy atom. The lowest BCUT2D eigenvalue weighted by Gasteiger charge is -2.37. The van der Waals surface area contributed by atoms with E-state index in [2.05, 4.69) is 4.98 Å². The molecular formula is C30H29FN2O6. The van der Waals surface area contributed by atoms with E-state index in [9.17, 15) is 9.59 Å². The van der Waals surface area contributed by atoms with Crippen LogP contribution >= 0.6 is 0 Å². The molecule has 5 rings (SSSR count). The van der Waals surface area contributed by atoms with E-state index in [1.54, 1.807) is 14.2 Å². The summed E-state index contributed by atoms with van der Waals surface area (Å²) in [4.78, 5) is 25.9. The van der Waals surface area contributed by atoms with E-state index in [0.29, 0.717) is 11.5 Å². The monoisotopic (exact) mass is 532 g/mol. The Bertz CT molecular complexity index is 1450. The number of benzene rings is 3. The smallest absolute Gasteiger partial charge is 0.330 e. The highest BCUT2D eigenvalue weighted by Gasteiger charge is 2.42. The molecule has 1 N–H and O–H groups in total. The topological polar surface area (TPSA) is 91.8 Å². The highest BCUT2D eigenvalue weighted by Crippen LogP contribution is 2.42. The van der Waals surface area contributed by atoms with Crippen LogP contribution in [0.25, 0.3) is 0 Å². The summed E-state index contributed by atoms with van der Waals surface area (Å²) in [7, 11) is 3.20. The number of hydrogen-bond acceptors (Lipinski definition) is 6. The molecule has 8 nitrogen and oxygen atoms in total. The molecule has 0 aliphatic carbocycles. The molecule has 202 valence electrons. The highest BCUT2D eigenvalue weighted by molar-refractivity contribution is 5.49. The first-order valence-corrected chi connectivity index (χ1v) is 12.5. The van der Waals surface area contributed by atoms with E-state index >= 15 is 4.39 Å². The van der Waals surface area contributed by atoms with Gasteiger partial charge < -0.3 is 18.9 Å². The van der Waals surface area contributed by atoms with Gasteiger partial charge in [0.1, 0.15) is 35.6 Å². The van der Waals surface area contributed by atoms with Crippen molar-refractivity contribution >= 4 is 0 Å². The van der Waals surface area contributed by atoms with Gasteiger partial charge in [0, 0.05) is 18.7 Å². The predicted molar refractivity (Wildman–Crippen MR) is 143 cm³/mol. The molecule has 0 unspecified atom stereocenters. The molecule has 4 aromatic rings. The van der Waals surface area contributed by atoms with Crippen molar-refractivity contribution in [1.82, 2.24) is 9.55 Å². The maximum atomic E-state index is 15.3. The van der Waals surface area contributed by atoms with Crippen molar-refractivity contribution in [3.8, 4) is 11.5 Å². The summed E-state index contributed by atoms with van der Waals surface area (Å²) in [5.41, 5.74) is 0.134. The number of H-pyrrole nitrogens is 1. The zero-order valence-corrected chi connectivity index (χ0v) is 21.6. The van der Waals surface area contributed by atoms with Crippen LogP contribution in [-0.2, 0) is 15.1 Å². The first-order valence-electron chi connectivity index (χ1n) is 12.5. The SMILES string of the molecule is COc1ccc(C(OC[C@H]2O[C@@H](n3ccc(=O)[nH]c3=O)C[C@@H]2F)(c2ccccc2)c2ccc(OC)cc2)cc1. The summed E-state index contributed by atoms with van der Waals surface area (Å²) in [5.74, 6) is 1.38. The third-order valence-corrected chi connectivity index (χ3v) is 6.96. The molecule has 1 aromatic heterocycles. The fraction of sp³-hybridized carbons (Fsp3) is 0.267. The molecule has 3 atom stereocenters. The highest BCUT2D eigenvalue weighted by atomic mass is 19.1. The zero-order chi connectivity index (χ0) is 27.4. The summed E-state index contributed by atoms with van der Waals surface area (Å²) in [6.45, 7) is -0.108. The average Bonchev–Trinajstić information content (AvgIpc) is 3.34. The maximum absolute atomic E-state index is 15.3. The molecule has 0 amide bonds. The van der Waals surface area contributed by atoms with Gasteiger partial charge in [0.2, 0.25) is 0 Å². The van der Waals surface area contributed by atoms with Gasteiger partial charge in [-0.1, -0.05) is 54.6 Å². The van der Waals surface area contributed by atoms with Crippen LogP contribution in [-0.4, -0.2) is 42.7 Å². The molecule has 0 bridgehead atoms. The van der Waals surface area contributed by atoms with Crippen molar-refractivity contribution in [2.75, 3.05) is 20.8 Å². The standard InChI is InChI=1S/C30H29FN2O6/c1-36-23-12-8-21(9-13-23)30(20-6-4-3-5-7-20,22-10-14-24(37-2)15-11-22)38-19-26-25(31)18-28(39-26)33-17-16-27(34)32-29(33)35/h3-17,25-26,28H,18-19H2,1-2H3,(H,32,34,35)/t25-,26+,28+/m0/s1. The van der Waals surface area contributed by atoms with Gasteiger partial charge in [-0.25, -0.2) is 9.18 Å². The molecule has 1 aliphatic heterocycles. The fourth-order valence-electron chi connectivity index (χ4n) is 4.95. The van der Waals surface area contributed by atoms with Crippen LogP contribution in [0, 0.1) is 0 Å². The third kappa shape index (κ3) is 5.23. The number of rotatable bonds is 9. The van der Waals surface area contributed by atoms with Crippen LogP contribution in [0.1, 0.15) is 29.3 Å². The number of halogens is 1. The molecule has 0 spiro atoms. The second-order valence-electron chi connectivity index (χ2n) is 9.21. The third-order valence-electron chi connectivity index (χ3n) is 6.96. The van der Waals surface area contributed by atoms with Crippen molar-refractivity contribution in [3.63, 3.8) is 0 Å². The molecule has 39 heavy (non-hydrogen) atoms. The van der Waals surface area contributed by atoms with Crippen molar-refractivity contribution in [3.05, 3.63) is 129 Å². The Labute approximate surface area is 224 Å². The maximum Gasteiger partial charge on any atom is 0.330 e. The van der Waals surface area contributed by atoms with E-state index in [0.717, 1.165) is 16.7 Å². The van der Waals surface area contributed by atoms with Crippen molar-refractivity contribution in [2.45, 2.75) is 30.5 Å². The minimum Gasteiger partial charge on any atom is -0.497 e. The number of aromatic amines is 1. The van der Waals surface area contributed by atoms with E-state index in [1.807, 2.05) is 78.9 Å². The van der Waals surface area contributed by atoms with Crippen molar-refractivity contribution in [1.29, 1.82) is 0 Å². The van der Waals surface area contributed by atoms with E-state index < -0.39 is 35.4 Å². The molecule has 0 saturated carbocycles. The number of aromatic nitrogens is 2. The normalized spacial score (nSPS) is 19.1. The Morgan fingerprint density at radius 3 is 1.97 bits per heavy atom. The Morgan fingerprint density at radius 2 is 1.44 bits per heavy atom. The molecule has 0 radical (unpaired) electrons. The first kappa shape index (κ1) is 26.4. The van der Waals surface area contributed by atoms with Gasteiger partial charge >= 0.3 is 5.69 Å². The summed E-state index contributed by atoms with van der Waals surface area (Å²) in [6.07, 6.45) is -1.96. The largest absolute Gasteiger partial charge is 0.497 e. The number of nitrogens with zero attached hydrogens (tertiary/aromatic N) is 1. The lowest BCUT2D eigenvalue weighted by molar-refractivity contribution is -0.0868. The second kappa shape index (κ2) is 11.3. The molecule has 1 fully saturated rings. The Balaban J connectivity index is 1.54. The quantitative estimate of drug-likeness (QED) is 0.325. The minimum atomic E-state index is -1.39. The second-order valence-corrected chi connectivity index (χ2v) is 9.21. The molecule has 1 saturated heterocycles. The lowest BCUT2D eigenvalue weighted by atomic mass is 9.80. The first-order chi connectivity index (χ1) is 18.9. The van der Waals surface area contributed by atoms with Crippen molar-refractivity contribution < 1.29 is 23.3 Å². The Hall–Kier alpha value is -4.21. The number of nitrogens with one attached hydrogen (secondary N) is 1. The minimum absolute atomic E-state index is 0.0522. The molecule has 1 aliphatic rings. The molecule has 9 heteroatoms. The van der Waals surface area contributed by atoms with Gasteiger partial charge in [-0.2, -0.15) is 0 Å². The number of methoxy groups -OCH3 is 2. The van der Waals surface area contributed by atoms with Crippen LogP contribution in [0.4, 0.5) is 4.39 Å². The predicted octanol–water partition coefficient (Wildman–Crippen LogP) is 4.19. The van der Waals surface area contributed by atoms with Crippen LogP contribution in [0.3, 0.4) is 0 Å². The zero-order valence-electron chi connectivity index (χ0n) is 21.6. The summed E-state index contributed by atoms with van der Waals surface area (Å²) >= 11 is 0. The summed E-state index contributed by atoms with van der Waals surface area (Å²) < 4.78 is 39.9. The van der Waals surface area contributed by atoms with Gasteiger partial charge in [0.15, 0.2) is 0 Å². The lowest BCUT2D eigenvalue weighted by Crippen LogP contribution is -2.37. The molecule has 2 heterocycles. The number of hydrogen-bond donors (Lipinski definition) is 1. The van der Waals surface area contributed by atoms with Gasteiger partial charge in [-0.05, 0) is 41.0 Å². The van der Waals surface area contributed by atoms with Gasteiger partial charge in [0.05, 0.1) is 20.8 Å². The van der Waals surface area contributed by atoms with Crippen LogP contribution < -0.4 is 20.7 Å². The van der Waals surface area contributed by atoms with E-state index in [1.165, 1.54) is 16.8 Å².